The lowest BCUT2D eigenvalue weighted by Crippen LogP contribution is -2.23. The van der Waals surface area contributed by atoms with E-state index in [0.717, 1.165) is 10.1 Å². The van der Waals surface area contributed by atoms with Gasteiger partial charge in [0, 0.05) is 24.2 Å². The molecule has 3 aromatic rings. The Kier molecular flexibility index (Phi) is 7.83. The molecule has 11 nitrogen and oxygen atoms in total. The summed E-state index contributed by atoms with van der Waals surface area (Å²) in [6.45, 7) is 1.54. The first-order valence-electron chi connectivity index (χ1n) is 10.1. The van der Waals surface area contributed by atoms with E-state index in [1.165, 1.54) is 39.3 Å². The number of nitro benzene ring substituents is 1. The third kappa shape index (κ3) is 5.30. The van der Waals surface area contributed by atoms with Gasteiger partial charge in [-0.05, 0) is 53.0 Å². The fraction of sp³-hybridized carbons (Fsp3) is 0.217. The highest BCUT2D eigenvalue weighted by molar-refractivity contribution is 9.10. The number of azo groups is 1. The molecule has 12 heteroatoms. The van der Waals surface area contributed by atoms with Gasteiger partial charge >= 0.3 is 0 Å². The zero-order valence-corrected chi connectivity index (χ0v) is 20.6. The molecule has 0 fully saturated rings. The first kappa shape index (κ1) is 25.4. The maximum Gasteiger partial charge on any atom is 0.281 e. The van der Waals surface area contributed by atoms with Crippen LogP contribution in [0.2, 0.25) is 0 Å². The minimum absolute atomic E-state index is 0.0544. The Balaban J connectivity index is 1.99. The van der Waals surface area contributed by atoms with Gasteiger partial charge in [0.15, 0.2) is 17.2 Å². The molecule has 0 unspecified atom stereocenters. The van der Waals surface area contributed by atoms with Crippen LogP contribution in [0, 0.1) is 28.4 Å². The summed E-state index contributed by atoms with van der Waals surface area (Å²) < 4.78 is 11.9. The Morgan fingerprint density at radius 2 is 1.89 bits per heavy atom. The van der Waals surface area contributed by atoms with Gasteiger partial charge < -0.3 is 14.6 Å². The van der Waals surface area contributed by atoms with E-state index in [9.17, 15) is 25.3 Å². The van der Waals surface area contributed by atoms with Gasteiger partial charge in [0.2, 0.25) is 5.88 Å². The van der Waals surface area contributed by atoms with Gasteiger partial charge in [0.1, 0.15) is 17.3 Å². The molecule has 0 aliphatic heterocycles. The second-order valence-corrected chi connectivity index (χ2v) is 8.13. The predicted molar refractivity (Wildman–Crippen MR) is 130 cm³/mol. The Bertz CT molecular complexity index is 1430. The van der Waals surface area contributed by atoms with Gasteiger partial charge in [-0.15, -0.1) is 10.2 Å². The molecule has 0 aliphatic carbocycles. The van der Waals surface area contributed by atoms with E-state index < -0.39 is 16.4 Å². The van der Waals surface area contributed by atoms with Gasteiger partial charge in [0.05, 0.1) is 23.6 Å². The summed E-state index contributed by atoms with van der Waals surface area (Å²) in [5, 5.41) is 39.1. The first-order valence-corrected chi connectivity index (χ1v) is 10.9. The number of ether oxygens (including phenoxy) is 2. The Hall–Kier alpha value is -4.24. The molecule has 0 spiro atoms. The number of rotatable bonds is 8. The summed E-state index contributed by atoms with van der Waals surface area (Å²) in [6.07, 6.45) is 0.340. The highest BCUT2D eigenvalue weighted by Gasteiger charge is 2.19. The van der Waals surface area contributed by atoms with Crippen molar-refractivity contribution in [1.29, 1.82) is 5.26 Å². The van der Waals surface area contributed by atoms with E-state index in [1.54, 1.807) is 18.2 Å². The Morgan fingerprint density at radius 3 is 2.49 bits per heavy atom. The van der Waals surface area contributed by atoms with E-state index >= 15 is 0 Å². The number of nitrogens with zero attached hydrogens (tertiary/aromatic N) is 5. The number of pyridine rings is 1. The van der Waals surface area contributed by atoms with E-state index in [1.807, 2.05) is 6.07 Å². The lowest BCUT2D eigenvalue weighted by atomic mass is 10.1. The molecule has 0 saturated carbocycles. The maximum absolute atomic E-state index is 13.2. The second kappa shape index (κ2) is 10.8. The number of aryl methyl sites for hydroxylation is 1. The summed E-state index contributed by atoms with van der Waals surface area (Å²) >= 11 is 3.20. The summed E-state index contributed by atoms with van der Waals surface area (Å²) in [5.74, 6) is 0.607. The van der Waals surface area contributed by atoms with Crippen LogP contribution < -0.4 is 15.0 Å². The summed E-state index contributed by atoms with van der Waals surface area (Å²) in [7, 11) is 3.04. The van der Waals surface area contributed by atoms with Crippen LogP contribution in [0.5, 0.6) is 17.4 Å². The van der Waals surface area contributed by atoms with Crippen molar-refractivity contribution >= 4 is 33.0 Å². The molecule has 2 aromatic carbocycles. The minimum atomic E-state index is -0.638. The van der Waals surface area contributed by atoms with Gasteiger partial charge in [-0.1, -0.05) is 6.07 Å². The van der Waals surface area contributed by atoms with Crippen molar-refractivity contribution in [3.05, 3.63) is 78.0 Å². The number of nitriles is 1. The van der Waals surface area contributed by atoms with Crippen molar-refractivity contribution in [3.8, 4) is 23.4 Å². The highest BCUT2D eigenvalue weighted by Crippen LogP contribution is 2.32. The lowest BCUT2D eigenvalue weighted by molar-refractivity contribution is -0.384. The molecule has 0 radical (unpaired) electrons. The number of halogens is 1. The fourth-order valence-corrected chi connectivity index (χ4v) is 3.78. The molecule has 1 heterocycles. The molecule has 0 saturated heterocycles. The average Bonchev–Trinajstić information content (AvgIpc) is 2.84. The average molecular weight is 542 g/mol. The third-order valence-electron chi connectivity index (χ3n) is 5.24. The SMILES string of the molecule is COc1ccc(CCn2c(O)c(C#N)c(C)c(N=Nc3ccc([N+](=O)[O-])cc3Br)c2=O)cc1OC. The van der Waals surface area contributed by atoms with Crippen LogP contribution in [0.3, 0.4) is 0 Å². The Morgan fingerprint density at radius 1 is 1.17 bits per heavy atom. The number of aromatic hydroxyl groups is 1. The van der Waals surface area contributed by atoms with E-state index in [-0.39, 0.29) is 34.7 Å². The number of hydrogen-bond acceptors (Lipinski definition) is 9. The topological polar surface area (TPSA) is 152 Å². The van der Waals surface area contributed by atoms with Crippen LogP contribution in [0.25, 0.3) is 0 Å². The zero-order valence-electron chi connectivity index (χ0n) is 19.0. The smallest absolute Gasteiger partial charge is 0.281 e. The second-order valence-electron chi connectivity index (χ2n) is 7.27. The van der Waals surface area contributed by atoms with Crippen molar-refractivity contribution in [2.75, 3.05) is 14.2 Å². The highest BCUT2D eigenvalue weighted by atomic mass is 79.9. The Labute approximate surface area is 208 Å². The number of benzene rings is 2. The van der Waals surface area contributed by atoms with Crippen LogP contribution >= 0.6 is 15.9 Å². The molecule has 0 atom stereocenters. The molecule has 3 rings (SSSR count). The fourth-order valence-electron chi connectivity index (χ4n) is 3.34. The van der Waals surface area contributed by atoms with Crippen LogP contribution in [-0.4, -0.2) is 28.8 Å². The standard InChI is InChI=1S/C23H20BrN5O6/c1-13-16(12-25)22(30)28(9-8-14-4-7-19(34-2)20(10-14)35-3)23(31)21(13)27-26-18-6-5-15(29(32)33)11-17(18)24/h4-7,10-11,30H,8-9H2,1-3H3. The number of non-ortho nitro benzene ring substituents is 1. The van der Waals surface area contributed by atoms with Gasteiger partial charge in [-0.2, -0.15) is 5.26 Å². The van der Waals surface area contributed by atoms with Crippen molar-refractivity contribution < 1.29 is 19.5 Å². The van der Waals surface area contributed by atoms with Gasteiger partial charge in [-0.25, -0.2) is 0 Å². The molecule has 0 bridgehead atoms. The van der Waals surface area contributed by atoms with Crippen molar-refractivity contribution in [2.24, 2.45) is 10.2 Å². The first-order chi connectivity index (χ1) is 16.7. The van der Waals surface area contributed by atoms with Crippen molar-refractivity contribution in [2.45, 2.75) is 19.9 Å². The molecule has 1 N–H and O–H groups in total. The van der Waals surface area contributed by atoms with E-state index in [2.05, 4.69) is 26.2 Å². The largest absolute Gasteiger partial charge is 0.493 e. The van der Waals surface area contributed by atoms with Gasteiger partial charge in [0.25, 0.3) is 11.2 Å². The monoisotopic (exact) mass is 541 g/mol. The van der Waals surface area contributed by atoms with Crippen LogP contribution in [0.4, 0.5) is 17.1 Å². The molecule has 35 heavy (non-hydrogen) atoms. The molecule has 180 valence electrons. The predicted octanol–water partition coefficient (Wildman–Crippen LogP) is 5.08. The minimum Gasteiger partial charge on any atom is -0.493 e. The molecular weight excluding hydrogens is 522 g/mol. The quantitative estimate of drug-likeness (QED) is 0.237. The van der Waals surface area contributed by atoms with E-state index in [0.29, 0.717) is 22.4 Å². The molecule has 0 amide bonds. The number of methoxy groups -OCH3 is 2. The third-order valence-corrected chi connectivity index (χ3v) is 5.88. The summed E-state index contributed by atoms with van der Waals surface area (Å²) in [5.41, 5.74) is 0.218. The maximum atomic E-state index is 13.2. The number of aromatic nitrogens is 1. The zero-order chi connectivity index (χ0) is 25.7. The molecule has 0 aliphatic rings. The van der Waals surface area contributed by atoms with Crippen LogP contribution in [-0.2, 0) is 13.0 Å². The van der Waals surface area contributed by atoms with Crippen LogP contribution in [0.15, 0.2) is 55.9 Å². The number of nitro groups is 1. The number of hydrogen-bond donors (Lipinski definition) is 1. The van der Waals surface area contributed by atoms with Gasteiger partial charge in [-0.3, -0.25) is 19.5 Å². The van der Waals surface area contributed by atoms with E-state index in [4.69, 9.17) is 9.47 Å². The lowest BCUT2D eigenvalue weighted by Gasteiger charge is -2.14. The normalized spacial score (nSPS) is 10.8. The van der Waals surface area contributed by atoms with Crippen molar-refractivity contribution in [1.82, 2.24) is 4.57 Å². The van der Waals surface area contributed by atoms with Crippen LogP contribution in [0.1, 0.15) is 16.7 Å². The summed E-state index contributed by atoms with van der Waals surface area (Å²) in [6, 6.07) is 11.1. The molecule has 1 aromatic heterocycles. The van der Waals surface area contributed by atoms with Crippen molar-refractivity contribution in [3.63, 3.8) is 0 Å². The summed E-state index contributed by atoms with van der Waals surface area (Å²) in [4.78, 5) is 23.5. The molecular formula is C23H20BrN5O6.